The SMILES string of the molecule is CCOC(=O)CSc1ccccc1C(=O)O. The molecule has 0 saturated carbocycles. The smallest absolute Gasteiger partial charge is 0.336 e. The molecule has 0 spiro atoms. The van der Waals surface area contributed by atoms with E-state index >= 15 is 0 Å². The van der Waals surface area contributed by atoms with Gasteiger partial charge in [0.1, 0.15) is 0 Å². The number of thioether (sulfide) groups is 1. The van der Waals surface area contributed by atoms with Gasteiger partial charge >= 0.3 is 11.9 Å². The second-order valence-corrected chi connectivity index (χ2v) is 3.91. The normalized spacial score (nSPS) is 9.81. The van der Waals surface area contributed by atoms with E-state index in [9.17, 15) is 9.59 Å². The first-order chi connectivity index (χ1) is 7.65. The number of carbonyl (C=O) groups is 2. The highest BCUT2D eigenvalue weighted by atomic mass is 32.2. The van der Waals surface area contributed by atoms with Gasteiger partial charge in [0, 0.05) is 4.90 Å². The Kier molecular flexibility index (Phi) is 4.85. The first-order valence-corrected chi connectivity index (χ1v) is 5.74. The van der Waals surface area contributed by atoms with E-state index < -0.39 is 5.97 Å². The van der Waals surface area contributed by atoms with Gasteiger partial charge in [0.25, 0.3) is 0 Å². The van der Waals surface area contributed by atoms with Gasteiger partial charge in [0.15, 0.2) is 0 Å². The summed E-state index contributed by atoms with van der Waals surface area (Å²) in [6.07, 6.45) is 0. The van der Waals surface area contributed by atoms with Gasteiger partial charge in [-0.2, -0.15) is 0 Å². The summed E-state index contributed by atoms with van der Waals surface area (Å²) in [6, 6.07) is 6.57. The minimum atomic E-state index is -0.994. The summed E-state index contributed by atoms with van der Waals surface area (Å²) < 4.78 is 4.76. The quantitative estimate of drug-likeness (QED) is 0.630. The van der Waals surface area contributed by atoms with E-state index in [-0.39, 0.29) is 17.3 Å². The Morgan fingerprint density at radius 2 is 2.06 bits per heavy atom. The molecule has 0 aromatic heterocycles. The lowest BCUT2D eigenvalue weighted by Crippen LogP contribution is -2.07. The Morgan fingerprint density at radius 1 is 1.38 bits per heavy atom. The molecule has 0 aliphatic rings. The average Bonchev–Trinajstić information content (AvgIpc) is 2.27. The summed E-state index contributed by atoms with van der Waals surface area (Å²) in [7, 11) is 0. The molecule has 1 rings (SSSR count). The minimum Gasteiger partial charge on any atom is -0.478 e. The topological polar surface area (TPSA) is 63.6 Å². The van der Waals surface area contributed by atoms with Crippen LogP contribution in [0.4, 0.5) is 0 Å². The molecule has 16 heavy (non-hydrogen) atoms. The van der Waals surface area contributed by atoms with Gasteiger partial charge in [0.05, 0.1) is 17.9 Å². The van der Waals surface area contributed by atoms with E-state index in [0.717, 1.165) is 0 Å². The molecular formula is C11H12O4S. The molecule has 0 saturated heterocycles. The van der Waals surface area contributed by atoms with Gasteiger partial charge in [-0.1, -0.05) is 12.1 Å². The van der Waals surface area contributed by atoms with Crippen molar-refractivity contribution in [1.29, 1.82) is 0 Å². The molecule has 0 fully saturated rings. The molecule has 0 amide bonds. The number of esters is 1. The van der Waals surface area contributed by atoms with Crippen molar-refractivity contribution in [1.82, 2.24) is 0 Å². The van der Waals surface area contributed by atoms with Crippen molar-refractivity contribution in [2.24, 2.45) is 0 Å². The Labute approximate surface area is 97.6 Å². The largest absolute Gasteiger partial charge is 0.478 e. The lowest BCUT2D eigenvalue weighted by Gasteiger charge is -2.04. The van der Waals surface area contributed by atoms with Crippen LogP contribution in [0.3, 0.4) is 0 Å². The highest BCUT2D eigenvalue weighted by molar-refractivity contribution is 8.00. The van der Waals surface area contributed by atoms with Crippen LogP contribution in [0, 0.1) is 0 Å². The number of carboxylic acids is 1. The summed E-state index contributed by atoms with van der Waals surface area (Å²) in [4.78, 5) is 22.5. The summed E-state index contributed by atoms with van der Waals surface area (Å²) in [5.74, 6) is -1.21. The van der Waals surface area contributed by atoms with E-state index in [1.165, 1.54) is 17.8 Å². The number of ether oxygens (including phenoxy) is 1. The van der Waals surface area contributed by atoms with Crippen molar-refractivity contribution in [3.63, 3.8) is 0 Å². The number of carbonyl (C=O) groups excluding carboxylic acids is 1. The van der Waals surface area contributed by atoms with Crippen LogP contribution in [0.5, 0.6) is 0 Å². The van der Waals surface area contributed by atoms with Crippen molar-refractivity contribution in [3.05, 3.63) is 29.8 Å². The molecule has 86 valence electrons. The molecule has 1 aromatic carbocycles. The van der Waals surface area contributed by atoms with Gasteiger partial charge in [-0.3, -0.25) is 4.79 Å². The average molecular weight is 240 g/mol. The monoisotopic (exact) mass is 240 g/mol. The van der Waals surface area contributed by atoms with Gasteiger partial charge in [-0.15, -0.1) is 11.8 Å². The van der Waals surface area contributed by atoms with E-state index in [1.807, 2.05) is 0 Å². The van der Waals surface area contributed by atoms with E-state index in [2.05, 4.69) is 0 Å². The second kappa shape index (κ2) is 6.17. The molecular weight excluding hydrogens is 228 g/mol. The fraction of sp³-hybridized carbons (Fsp3) is 0.273. The standard InChI is InChI=1S/C11H12O4S/c1-2-15-10(12)7-16-9-6-4-3-5-8(9)11(13)14/h3-6H,2,7H2,1H3,(H,13,14). The molecule has 0 unspecified atom stereocenters. The lowest BCUT2D eigenvalue weighted by molar-refractivity contribution is -0.139. The van der Waals surface area contributed by atoms with Crippen LogP contribution in [0.25, 0.3) is 0 Å². The maximum Gasteiger partial charge on any atom is 0.336 e. The number of carboxylic acid groups (broad SMARTS) is 1. The highest BCUT2D eigenvalue weighted by Gasteiger charge is 2.11. The molecule has 0 heterocycles. The summed E-state index contributed by atoms with van der Waals surface area (Å²) in [5, 5.41) is 8.90. The van der Waals surface area contributed by atoms with Crippen LogP contribution in [-0.4, -0.2) is 29.4 Å². The fourth-order valence-corrected chi connectivity index (χ4v) is 1.95. The van der Waals surface area contributed by atoms with Crippen LogP contribution < -0.4 is 0 Å². The fourth-order valence-electron chi connectivity index (χ4n) is 1.11. The molecule has 1 aromatic rings. The number of benzene rings is 1. The number of aromatic carboxylic acids is 1. The maximum atomic E-state index is 11.1. The highest BCUT2D eigenvalue weighted by Crippen LogP contribution is 2.22. The van der Waals surface area contributed by atoms with Crippen LogP contribution >= 0.6 is 11.8 Å². The zero-order valence-corrected chi connectivity index (χ0v) is 9.62. The van der Waals surface area contributed by atoms with E-state index in [4.69, 9.17) is 9.84 Å². The third kappa shape index (κ3) is 3.58. The van der Waals surface area contributed by atoms with Crippen molar-refractivity contribution in [2.75, 3.05) is 12.4 Å². The zero-order chi connectivity index (χ0) is 12.0. The molecule has 0 bridgehead atoms. The predicted octanol–water partition coefficient (Wildman–Crippen LogP) is 2.04. The molecule has 1 N–H and O–H groups in total. The zero-order valence-electron chi connectivity index (χ0n) is 8.80. The third-order valence-corrected chi connectivity index (χ3v) is 2.82. The maximum absolute atomic E-state index is 11.1. The number of hydrogen-bond donors (Lipinski definition) is 1. The Morgan fingerprint density at radius 3 is 2.69 bits per heavy atom. The Bertz CT molecular complexity index is 389. The Hall–Kier alpha value is -1.49. The van der Waals surface area contributed by atoms with Crippen molar-refractivity contribution in [3.8, 4) is 0 Å². The van der Waals surface area contributed by atoms with Crippen LogP contribution in [0.15, 0.2) is 29.2 Å². The van der Waals surface area contributed by atoms with Crippen LogP contribution in [0.1, 0.15) is 17.3 Å². The third-order valence-electron chi connectivity index (χ3n) is 1.77. The molecule has 4 nitrogen and oxygen atoms in total. The summed E-state index contributed by atoms with van der Waals surface area (Å²) >= 11 is 1.17. The predicted molar refractivity (Wildman–Crippen MR) is 60.8 cm³/mol. The van der Waals surface area contributed by atoms with Gasteiger partial charge in [-0.25, -0.2) is 4.79 Å². The lowest BCUT2D eigenvalue weighted by atomic mass is 10.2. The number of rotatable bonds is 5. The van der Waals surface area contributed by atoms with Crippen molar-refractivity contribution in [2.45, 2.75) is 11.8 Å². The van der Waals surface area contributed by atoms with E-state index in [0.29, 0.717) is 11.5 Å². The van der Waals surface area contributed by atoms with Crippen LogP contribution in [-0.2, 0) is 9.53 Å². The van der Waals surface area contributed by atoms with Gasteiger partial charge in [-0.05, 0) is 19.1 Å². The van der Waals surface area contributed by atoms with Crippen molar-refractivity contribution < 1.29 is 19.4 Å². The molecule has 0 radical (unpaired) electrons. The molecule has 0 aliphatic heterocycles. The van der Waals surface area contributed by atoms with Crippen LogP contribution in [0.2, 0.25) is 0 Å². The van der Waals surface area contributed by atoms with Gasteiger partial charge < -0.3 is 9.84 Å². The molecule has 0 atom stereocenters. The molecule has 5 heteroatoms. The van der Waals surface area contributed by atoms with Gasteiger partial charge in [0.2, 0.25) is 0 Å². The summed E-state index contributed by atoms with van der Waals surface area (Å²) in [5.41, 5.74) is 0.205. The van der Waals surface area contributed by atoms with E-state index in [1.54, 1.807) is 25.1 Å². The van der Waals surface area contributed by atoms with Crippen molar-refractivity contribution >= 4 is 23.7 Å². The second-order valence-electron chi connectivity index (χ2n) is 2.90. The first-order valence-electron chi connectivity index (χ1n) is 4.76. The molecule has 0 aliphatic carbocycles. The summed E-state index contributed by atoms with van der Waals surface area (Å²) in [6.45, 7) is 2.06. The minimum absolute atomic E-state index is 0.123. The Balaban J connectivity index is 2.66. The number of hydrogen-bond acceptors (Lipinski definition) is 4. The first kappa shape index (κ1) is 12.6.